The Bertz CT molecular complexity index is 1080. The molecule has 2 aromatic carbocycles. The number of rotatable bonds is 6. The third kappa shape index (κ3) is 4.25. The lowest BCUT2D eigenvalue weighted by atomic mass is 9.89. The number of likely N-dealkylation sites (tertiary alicyclic amines) is 1. The Morgan fingerprint density at radius 3 is 2.41 bits per heavy atom. The minimum atomic E-state index is -0.205. The number of piperidine rings is 1. The zero-order valence-electron chi connectivity index (χ0n) is 19.8. The number of unbranched alkanes of at least 4 members (excludes halogenated alkanes) is 2. The first-order valence-electron chi connectivity index (χ1n) is 12.0. The van der Waals surface area contributed by atoms with Gasteiger partial charge in [-0.2, -0.15) is 0 Å². The van der Waals surface area contributed by atoms with Gasteiger partial charge in [0.05, 0.1) is 11.1 Å². The van der Waals surface area contributed by atoms with Gasteiger partial charge in [0.25, 0.3) is 11.8 Å². The fourth-order valence-electron chi connectivity index (χ4n) is 5.69. The maximum atomic E-state index is 13.3. The predicted molar refractivity (Wildman–Crippen MR) is 135 cm³/mol. The molecule has 3 aliphatic heterocycles. The van der Waals surface area contributed by atoms with Gasteiger partial charge in [-0.25, -0.2) is 0 Å². The van der Waals surface area contributed by atoms with Gasteiger partial charge in [-0.15, -0.1) is 12.4 Å². The van der Waals surface area contributed by atoms with Crippen LogP contribution in [0.5, 0.6) is 0 Å². The second-order valence-corrected chi connectivity index (χ2v) is 9.67. The molecule has 0 N–H and O–H groups in total. The molecule has 7 heteroatoms. The Labute approximate surface area is 207 Å². The van der Waals surface area contributed by atoms with Gasteiger partial charge in [0.1, 0.15) is 0 Å². The number of amides is 3. The number of carbonyl (C=O) groups is 3. The molecule has 1 saturated heterocycles. The molecule has 2 unspecified atom stereocenters. The van der Waals surface area contributed by atoms with Crippen LogP contribution in [0.3, 0.4) is 0 Å². The molecule has 2 atom stereocenters. The number of nitrogens with zero attached hydrogens (tertiary/aromatic N) is 3. The summed E-state index contributed by atoms with van der Waals surface area (Å²) >= 11 is 0. The van der Waals surface area contributed by atoms with Crippen LogP contribution >= 0.6 is 12.4 Å². The number of hydrogen-bond acceptors (Lipinski definition) is 4. The molecule has 0 bridgehead atoms. The highest BCUT2D eigenvalue weighted by Crippen LogP contribution is 2.45. The topological polar surface area (TPSA) is 60.9 Å². The highest BCUT2D eigenvalue weighted by atomic mass is 35.5. The van der Waals surface area contributed by atoms with Gasteiger partial charge in [-0.3, -0.25) is 19.3 Å². The van der Waals surface area contributed by atoms with Gasteiger partial charge < -0.3 is 9.80 Å². The Kier molecular flexibility index (Phi) is 7.10. The van der Waals surface area contributed by atoms with E-state index in [-0.39, 0.29) is 36.2 Å². The summed E-state index contributed by atoms with van der Waals surface area (Å²) in [6.07, 6.45) is 3.78. The van der Waals surface area contributed by atoms with E-state index in [0.29, 0.717) is 36.4 Å². The summed E-state index contributed by atoms with van der Waals surface area (Å²) in [6, 6.07) is 13.7. The predicted octanol–water partition coefficient (Wildman–Crippen LogP) is 4.41. The zero-order chi connectivity index (χ0) is 23.1. The first-order chi connectivity index (χ1) is 16.0. The normalized spacial score (nSPS) is 21.2. The molecule has 3 heterocycles. The third-order valence-electron chi connectivity index (χ3n) is 7.37. The SMILES string of the molecule is Cc1ccc2c(c1)C1CN(C)CCC1N2C(=O)CCCCCN1C(=O)c2ccccc2C1=O.Cl. The lowest BCUT2D eigenvalue weighted by molar-refractivity contribution is -0.119. The van der Waals surface area contributed by atoms with E-state index in [9.17, 15) is 14.4 Å². The van der Waals surface area contributed by atoms with Crippen molar-refractivity contribution in [3.63, 3.8) is 0 Å². The molecule has 1 fully saturated rings. The van der Waals surface area contributed by atoms with E-state index in [1.54, 1.807) is 24.3 Å². The number of hydrogen-bond donors (Lipinski definition) is 0. The van der Waals surface area contributed by atoms with Gasteiger partial charge >= 0.3 is 0 Å². The van der Waals surface area contributed by atoms with Crippen LogP contribution in [0.2, 0.25) is 0 Å². The lowest BCUT2D eigenvalue weighted by Crippen LogP contribution is -2.47. The first kappa shape index (κ1) is 24.4. The first-order valence-corrected chi connectivity index (χ1v) is 12.0. The van der Waals surface area contributed by atoms with Crippen LogP contribution in [0, 0.1) is 6.92 Å². The monoisotopic (exact) mass is 481 g/mol. The van der Waals surface area contributed by atoms with Crippen molar-refractivity contribution in [2.45, 2.75) is 51.0 Å². The van der Waals surface area contributed by atoms with Crippen molar-refractivity contribution in [1.82, 2.24) is 9.80 Å². The average molecular weight is 482 g/mol. The molecule has 3 amide bonds. The quantitative estimate of drug-likeness (QED) is 0.453. The number of anilines is 1. The average Bonchev–Trinajstić information content (AvgIpc) is 3.25. The van der Waals surface area contributed by atoms with E-state index < -0.39 is 0 Å². The smallest absolute Gasteiger partial charge is 0.261 e. The van der Waals surface area contributed by atoms with Gasteiger partial charge in [0.15, 0.2) is 0 Å². The van der Waals surface area contributed by atoms with E-state index >= 15 is 0 Å². The number of imide groups is 1. The minimum Gasteiger partial charge on any atom is -0.308 e. The number of aryl methyl sites for hydroxylation is 1. The molecule has 6 nitrogen and oxygen atoms in total. The van der Waals surface area contributed by atoms with Crippen LogP contribution in [0.4, 0.5) is 5.69 Å². The maximum absolute atomic E-state index is 13.3. The van der Waals surface area contributed by atoms with Crippen molar-refractivity contribution in [2.75, 3.05) is 31.6 Å². The van der Waals surface area contributed by atoms with Gasteiger partial charge in [0.2, 0.25) is 5.91 Å². The van der Waals surface area contributed by atoms with Crippen molar-refractivity contribution in [3.8, 4) is 0 Å². The summed E-state index contributed by atoms with van der Waals surface area (Å²) < 4.78 is 0. The number of halogens is 1. The molecule has 2 aromatic rings. The van der Waals surface area contributed by atoms with Crippen molar-refractivity contribution >= 4 is 35.8 Å². The van der Waals surface area contributed by atoms with Crippen LogP contribution in [0.25, 0.3) is 0 Å². The van der Waals surface area contributed by atoms with Gasteiger partial charge in [-0.05, 0) is 63.5 Å². The number of carbonyl (C=O) groups excluding carboxylic acids is 3. The summed E-state index contributed by atoms with van der Waals surface area (Å²) in [5.41, 5.74) is 4.62. The lowest BCUT2D eigenvalue weighted by Gasteiger charge is -2.36. The summed E-state index contributed by atoms with van der Waals surface area (Å²) in [5, 5.41) is 0. The second-order valence-electron chi connectivity index (χ2n) is 9.67. The van der Waals surface area contributed by atoms with Crippen LogP contribution in [0.1, 0.15) is 69.9 Å². The molecule has 0 saturated carbocycles. The fraction of sp³-hybridized carbons (Fsp3) is 0.444. The Balaban J connectivity index is 0.00000274. The molecule has 180 valence electrons. The number of benzene rings is 2. The van der Waals surface area contributed by atoms with Crippen molar-refractivity contribution in [3.05, 3.63) is 64.7 Å². The Hall–Kier alpha value is -2.70. The van der Waals surface area contributed by atoms with Crippen molar-refractivity contribution < 1.29 is 14.4 Å². The standard InChI is InChI=1S/C27H31N3O3.ClH/c1-18-11-12-23-21(16-18)22-17-28(2)15-13-24(22)30(23)25(31)10-4-3-7-14-29-26(32)19-8-5-6-9-20(19)27(29)33;/h5-6,8-9,11-12,16,22,24H,3-4,7,10,13-15,17H2,1-2H3;1H. The highest BCUT2D eigenvalue weighted by Gasteiger charge is 2.43. The van der Waals surface area contributed by atoms with E-state index in [1.807, 2.05) is 0 Å². The highest BCUT2D eigenvalue weighted by molar-refractivity contribution is 6.21. The molecular formula is C27H32ClN3O3. The van der Waals surface area contributed by atoms with Crippen LogP contribution in [-0.4, -0.2) is 60.2 Å². The van der Waals surface area contributed by atoms with Crippen molar-refractivity contribution in [1.29, 1.82) is 0 Å². The van der Waals surface area contributed by atoms with Gasteiger partial charge in [0, 0.05) is 37.2 Å². The molecule has 34 heavy (non-hydrogen) atoms. The summed E-state index contributed by atoms with van der Waals surface area (Å²) in [4.78, 5) is 44.0. The maximum Gasteiger partial charge on any atom is 0.261 e. The Morgan fingerprint density at radius 2 is 1.71 bits per heavy atom. The largest absolute Gasteiger partial charge is 0.308 e. The van der Waals surface area contributed by atoms with Crippen LogP contribution < -0.4 is 4.90 Å². The summed E-state index contributed by atoms with van der Waals surface area (Å²) in [7, 11) is 2.16. The summed E-state index contributed by atoms with van der Waals surface area (Å²) in [5.74, 6) is 0.169. The Morgan fingerprint density at radius 1 is 1.00 bits per heavy atom. The molecular weight excluding hydrogens is 450 g/mol. The molecule has 5 rings (SSSR count). The number of fused-ring (bicyclic) bond motifs is 4. The zero-order valence-corrected chi connectivity index (χ0v) is 20.6. The summed E-state index contributed by atoms with van der Waals surface area (Å²) in [6.45, 7) is 4.52. The molecule has 0 spiro atoms. The third-order valence-corrected chi connectivity index (χ3v) is 7.37. The minimum absolute atomic E-state index is 0. The molecule has 0 aromatic heterocycles. The van der Waals surface area contributed by atoms with E-state index in [0.717, 1.165) is 38.0 Å². The van der Waals surface area contributed by atoms with E-state index in [4.69, 9.17) is 0 Å². The molecule has 0 radical (unpaired) electrons. The van der Waals surface area contributed by atoms with Crippen LogP contribution in [-0.2, 0) is 4.79 Å². The van der Waals surface area contributed by atoms with Crippen molar-refractivity contribution in [2.24, 2.45) is 0 Å². The van der Waals surface area contributed by atoms with Gasteiger partial charge in [-0.1, -0.05) is 36.2 Å². The second kappa shape index (κ2) is 9.88. The fourth-order valence-corrected chi connectivity index (χ4v) is 5.69. The molecule has 0 aliphatic carbocycles. The van der Waals surface area contributed by atoms with E-state index in [1.165, 1.54) is 16.0 Å². The van der Waals surface area contributed by atoms with E-state index in [2.05, 4.69) is 42.0 Å². The number of likely N-dealkylation sites (N-methyl/N-ethyl adjacent to an activating group) is 1. The van der Waals surface area contributed by atoms with Crippen LogP contribution in [0.15, 0.2) is 42.5 Å². The molecule has 3 aliphatic rings.